The van der Waals surface area contributed by atoms with Crippen LogP contribution < -0.4 is 0 Å². The molecule has 1 aromatic carbocycles. The zero-order valence-corrected chi connectivity index (χ0v) is 8.04. The predicted octanol–water partition coefficient (Wildman–Crippen LogP) is 1.41. The number of Topliss-reactive ketones (excluding diaryl/α,β-unsaturated/α-hetero) is 1. The van der Waals surface area contributed by atoms with E-state index in [-0.39, 0.29) is 0 Å². The van der Waals surface area contributed by atoms with E-state index in [4.69, 9.17) is 0 Å². The zero-order valence-electron chi connectivity index (χ0n) is 8.04. The van der Waals surface area contributed by atoms with Crippen LogP contribution in [0.2, 0.25) is 0 Å². The predicted molar refractivity (Wildman–Crippen MR) is 51.4 cm³/mol. The smallest absolute Gasteiger partial charge is 0.290 e. The van der Waals surface area contributed by atoms with Crippen LogP contribution in [0.25, 0.3) is 0 Å². The third-order valence-corrected chi connectivity index (χ3v) is 1.84. The van der Waals surface area contributed by atoms with Gasteiger partial charge in [0.05, 0.1) is 22.0 Å². The number of aromatic hydroxyl groups is 1. The number of nitro groups is 2. The lowest BCUT2D eigenvalue weighted by atomic mass is 10.1. The highest BCUT2D eigenvalue weighted by Gasteiger charge is 2.26. The summed E-state index contributed by atoms with van der Waals surface area (Å²) < 4.78 is 0. The molecular weight excluding hydrogens is 220 g/mol. The lowest BCUT2D eigenvalue weighted by Gasteiger charge is -2.01. The van der Waals surface area contributed by atoms with Gasteiger partial charge in [0.1, 0.15) is 11.3 Å². The van der Waals surface area contributed by atoms with Crippen molar-refractivity contribution >= 4 is 17.2 Å². The fourth-order valence-electron chi connectivity index (χ4n) is 1.21. The van der Waals surface area contributed by atoms with Gasteiger partial charge in [-0.2, -0.15) is 0 Å². The highest BCUT2D eigenvalue weighted by molar-refractivity contribution is 6.01. The second-order valence-electron chi connectivity index (χ2n) is 2.93. The minimum absolute atomic E-state index is 0.532. The molecule has 1 aromatic rings. The second-order valence-corrected chi connectivity index (χ2v) is 2.93. The maximum Gasteiger partial charge on any atom is 0.290 e. The normalized spacial score (nSPS) is 9.81. The number of benzene rings is 1. The summed E-state index contributed by atoms with van der Waals surface area (Å²) in [6.07, 6.45) is 0. The van der Waals surface area contributed by atoms with Crippen molar-refractivity contribution in [2.75, 3.05) is 0 Å². The lowest BCUT2D eigenvalue weighted by Crippen LogP contribution is -2.02. The van der Waals surface area contributed by atoms with Gasteiger partial charge in [0, 0.05) is 0 Å². The van der Waals surface area contributed by atoms with Crippen LogP contribution in [-0.2, 0) is 0 Å². The summed E-state index contributed by atoms with van der Waals surface area (Å²) >= 11 is 0. The minimum atomic E-state index is -0.955. The van der Waals surface area contributed by atoms with Crippen molar-refractivity contribution in [3.8, 4) is 5.75 Å². The van der Waals surface area contributed by atoms with Crippen LogP contribution in [0.3, 0.4) is 0 Å². The summed E-state index contributed by atoms with van der Waals surface area (Å²) in [5.41, 5.74) is -1.95. The van der Waals surface area contributed by atoms with E-state index in [0.717, 1.165) is 6.92 Å². The molecule has 0 amide bonds. The number of hydrogen-bond donors (Lipinski definition) is 1. The van der Waals surface area contributed by atoms with E-state index in [2.05, 4.69) is 0 Å². The highest BCUT2D eigenvalue weighted by Crippen LogP contribution is 2.33. The molecule has 0 fully saturated rings. The van der Waals surface area contributed by atoms with Crippen LogP contribution in [-0.4, -0.2) is 20.7 Å². The average molecular weight is 226 g/mol. The summed E-state index contributed by atoms with van der Waals surface area (Å²) in [5.74, 6) is -1.51. The molecule has 1 N–H and O–H groups in total. The molecule has 0 heterocycles. The van der Waals surface area contributed by atoms with E-state index in [0.29, 0.717) is 12.1 Å². The van der Waals surface area contributed by atoms with Crippen molar-refractivity contribution in [3.05, 3.63) is 37.9 Å². The standard InChI is InChI=1S/C8H6N2O6/c1-4(11)8-6(10(15)16)2-5(9(13)14)3-7(8)12/h2-3,12H,1H3. The number of carbonyl (C=O) groups excluding carboxylic acids is 1. The number of rotatable bonds is 3. The Morgan fingerprint density at radius 2 is 1.81 bits per heavy atom. The second kappa shape index (κ2) is 3.93. The molecule has 16 heavy (non-hydrogen) atoms. The first kappa shape index (κ1) is 11.6. The largest absolute Gasteiger partial charge is 0.507 e. The van der Waals surface area contributed by atoms with Gasteiger partial charge in [-0.1, -0.05) is 0 Å². The number of phenolic OH excluding ortho intramolecular Hbond substituents is 1. The number of phenols is 1. The SMILES string of the molecule is CC(=O)c1c(O)cc([N+](=O)[O-])cc1[N+](=O)[O-]. The van der Waals surface area contributed by atoms with Gasteiger partial charge in [-0.25, -0.2) is 0 Å². The number of non-ortho nitro benzene ring substituents is 1. The van der Waals surface area contributed by atoms with Crippen molar-refractivity contribution in [2.45, 2.75) is 6.92 Å². The van der Waals surface area contributed by atoms with Crippen LogP contribution in [0.15, 0.2) is 12.1 Å². The lowest BCUT2D eigenvalue weighted by molar-refractivity contribution is -0.394. The van der Waals surface area contributed by atoms with E-state index >= 15 is 0 Å². The summed E-state index contributed by atoms with van der Waals surface area (Å²) in [6.45, 7) is 1.02. The van der Waals surface area contributed by atoms with Crippen LogP contribution >= 0.6 is 0 Å². The monoisotopic (exact) mass is 226 g/mol. The van der Waals surface area contributed by atoms with Gasteiger partial charge in [0.15, 0.2) is 5.78 Å². The summed E-state index contributed by atoms with van der Waals surface area (Å²) in [7, 11) is 0. The van der Waals surface area contributed by atoms with Crippen LogP contribution in [0.4, 0.5) is 11.4 Å². The Morgan fingerprint density at radius 3 is 2.19 bits per heavy atom. The molecule has 0 aliphatic heterocycles. The van der Waals surface area contributed by atoms with Gasteiger partial charge < -0.3 is 5.11 Å². The molecule has 0 spiro atoms. The van der Waals surface area contributed by atoms with Gasteiger partial charge in [-0.05, 0) is 6.92 Å². The van der Waals surface area contributed by atoms with Gasteiger partial charge in [-0.15, -0.1) is 0 Å². The highest BCUT2D eigenvalue weighted by atomic mass is 16.6. The van der Waals surface area contributed by atoms with Gasteiger partial charge in [0.25, 0.3) is 11.4 Å². The summed E-state index contributed by atoms with van der Waals surface area (Å²) in [4.78, 5) is 30.2. The molecule has 0 aliphatic carbocycles. The third kappa shape index (κ3) is 1.95. The number of nitrogens with zero attached hydrogens (tertiary/aromatic N) is 2. The maximum absolute atomic E-state index is 11.0. The Bertz CT molecular complexity index is 496. The first-order chi connectivity index (χ1) is 7.34. The molecule has 0 saturated heterocycles. The number of nitro benzene ring substituents is 2. The molecule has 0 saturated carbocycles. The Labute approximate surface area is 88.4 Å². The van der Waals surface area contributed by atoms with Crippen molar-refractivity contribution in [2.24, 2.45) is 0 Å². The Hall–Kier alpha value is -2.51. The van der Waals surface area contributed by atoms with Crippen LogP contribution in [0.1, 0.15) is 17.3 Å². The first-order valence-corrected chi connectivity index (χ1v) is 4.01. The van der Waals surface area contributed by atoms with E-state index in [1.54, 1.807) is 0 Å². The molecule has 0 bridgehead atoms. The van der Waals surface area contributed by atoms with Gasteiger partial charge in [-0.3, -0.25) is 25.0 Å². The fourth-order valence-corrected chi connectivity index (χ4v) is 1.21. The van der Waals surface area contributed by atoms with Gasteiger partial charge >= 0.3 is 0 Å². The molecule has 8 nitrogen and oxygen atoms in total. The first-order valence-electron chi connectivity index (χ1n) is 4.01. The number of hydrogen-bond acceptors (Lipinski definition) is 6. The van der Waals surface area contributed by atoms with Gasteiger partial charge in [0.2, 0.25) is 0 Å². The van der Waals surface area contributed by atoms with Crippen molar-refractivity contribution in [1.82, 2.24) is 0 Å². The molecule has 0 aromatic heterocycles. The van der Waals surface area contributed by atoms with Crippen molar-refractivity contribution in [3.63, 3.8) is 0 Å². The Balaban J connectivity index is 3.58. The van der Waals surface area contributed by atoms with E-state index in [1.807, 2.05) is 0 Å². The molecule has 8 heteroatoms. The zero-order chi connectivity index (χ0) is 12.5. The Kier molecular flexibility index (Phi) is 2.84. The van der Waals surface area contributed by atoms with Crippen molar-refractivity contribution in [1.29, 1.82) is 0 Å². The molecule has 1 rings (SSSR count). The molecule has 84 valence electrons. The van der Waals surface area contributed by atoms with Crippen LogP contribution in [0.5, 0.6) is 5.75 Å². The summed E-state index contributed by atoms with van der Waals surface area (Å²) in [6, 6.07) is 1.33. The minimum Gasteiger partial charge on any atom is -0.507 e. The Morgan fingerprint density at radius 1 is 1.25 bits per heavy atom. The summed E-state index contributed by atoms with van der Waals surface area (Å²) in [5, 5.41) is 30.3. The number of carbonyl (C=O) groups is 1. The quantitative estimate of drug-likeness (QED) is 0.472. The van der Waals surface area contributed by atoms with E-state index in [1.165, 1.54) is 0 Å². The average Bonchev–Trinajstić information content (AvgIpc) is 2.15. The topological polar surface area (TPSA) is 124 Å². The fraction of sp³-hybridized carbons (Fsp3) is 0.125. The van der Waals surface area contributed by atoms with E-state index in [9.17, 15) is 30.1 Å². The number of ketones is 1. The molecule has 0 unspecified atom stereocenters. The molecular formula is C8H6N2O6. The third-order valence-electron chi connectivity index (χ3n) is 1.84. The molecule has 0 radical (unpaired) electrons. The molecule has 0 aliphatic rings. The maximum atomic E-state index is 11.0. The van der Waals surface area contributed by atoms with Crippen molar-refractivity contribution < 1.29 is 19.7 Å². The molecule has 0 atom stereocenters. The van der Waals surface area contributed by atoms with E-state index < -0.39 is 38.3 Å². The van der Waals surface area contributed by atoms with Crippen LogP contribution in [0, 0.1) is 20.2 Å².